The Morgan fingerprint density at radius 2 is 1.85 bits per heavy atom. The van der Waals surface area contributed by atoms with E-state index in [4.69, 9.17) is 9.36 Å². The molecule has 1 atom stereocenters. The average Bonchev–Trinajstić information content (AvgIpc) is 3.52. The van der Waals surface area contributed by atoms with Crippen LogP contribution < -0.4 is 5.32 Å². The Hall–Kier alpha value is -3.56. The predicted molar refractivity (Wildman–Crippen MR) is 127 cm³/mol. The van der Waals surface area contributed by atoms with Crippen molar-refractivity contribution < 1.29 is 14.2 Å². The molecule has 1 N–H and O–H groups in total. The van der Waals surface area contributed by atoms with Gasteiger partial charge < -0.3 is 19.6 Å². The Labute approximate surface area is 198 Å². The Morgan fingerprint density at radius 1 is 1.12 bits per heavy atom. The van der Waals surface area contributed by atoms with Crippen molar-refractivity contribution in [2.45, 2.75) is 19.0 Å². The smallest absolute Gasteiger partial charge is 0.254 e. The zero-order valence-electron chi connectivity index (χ0n) is 19.2. The largest absolute Gasteiger partial charge is 0.399 e. The van der Waals surface area contributed by atoms with E-state index >= 15 is 0 Å². The molecule has 0 radical (unpaired) electrons. The minimum atomic E-state index is -0.351. The standard InChI is InChI=1S/C25H28N6O3/c1-33-28-21-15-22(24-27-23(34-29-24)17-30-13-11-26-12-14-30)31(16-21)25(32)20-9-7-19(8-10-20)18-5-3-2-4-6-18/h2-10,22,26H,11-17H2,1H3. The highest BCUT2D eigenvalue weighted by molar-refractivity contribution is 6.00. The van der Waals surface area contributed by atoms with Crippen molar-refractivity contribution in [3.63, 3.8) is 0 Å². The van der Waals surface area contributed by atoms with Crippen LogP contribution in [0.15, 0.2) is 64.3 Å². The highest BCUT2D eigenvalue weighted by atomic mass is 16.6. The van der Waals surface area contributed by atoms with Gasteiger partial charge in [0.2, 0.25) is 5.89 Å². The van der Waals surface area contributed by atoms with Crippen LogP contribution in [0.3, 0.4) is 0 Å². The third-order valence-corrected chi connectivity index (χ3v) is 6.23. The molecule has 0 spiro atoms. The van der Waals surface area contributed by atoms with Crippen LogP contribution in [0.4, 0.5) is 0 Å². The second-order valence-electron chi connectivity index (χ2n) is 8.51. The van der Waals surface area contributed by atoms with Gasteiger partial charge >= 0.3 is 0 Å². The lowest BCUT2D eigenvalue weighted by Crippen LogP contribution is -2.42. The Morgan fingerprint density at radius 3 is 2.59 bits per heavy atom. The lowest BCUT2D eigenvalue weighted by Gasteiger charge is -2.25. The van der Waals surface area contributed by atoms with Gasteiger partial charge in [0, 0.05) is 38.2 Å². The lowest BCUT2D eigenvalue weighted by atomic mass is 10.0. The summed E-state index contributed by atoms with van der Waals surface area (Å²) in [6.45, 7) is 4.75. The number of hydrogen-bond donors (Lipinski definition) is 1. The van der Waals surface area contributed by atoms with E-state index in [1.54, 1.807) is 4.90 Å². The number of aromatic nitrogens is 2. The van der Waals surface area contributed by atoms with Crippen molar-refractivity contribution in [1.29, 1.82) is 0 Å². The maximum Gasteiger partial charge on any atom is 0.254 e. The molecule has 1 amide bonds. The third kappa shape index (κ3) is 4.85. The molecule has 1 aromatic heterocycles. The van der Waals surface area contributed by atoms with Gasteiger partial charge in [0.1, 0.15) is 13.2 Å². The van der Waals surface area contributed by atoms with E-state index in [1.165, 1.54) is 7.11 Å². The summed E-state index contributed by atoms with van der Waals surface area (Å²) in [4.78, 5) is 27.1. The minimum Gasteiger partial charge on any atom is -0.399 e. The molecule has 9 heteroatoms. The zero-order chi connectivity index (χ0) is 23.3. The average molecular weight is 461 g/mol. The van der Waals surface area contributed by atoms with Crippen molar-refractivity contribution >= 4 is 11.6 Å². The van der Waals surface area contributed by atoms with Gasteiger partial charge in [-0.2, -0.15) is 4.98 Å². The summed E-state index contributed by atoms with van der Waals surface area (Å²) in [5, 5.41) is 11.7. The number of piperazine rings is 1. The van der Waals surface area contributed by atoms with E-state index in [0.717, 1.165) is 43.0 Å². The Balaban J connectivity index is 1.35. The number of nitrogens with one attached hydrogen (secondary N) is 1. The van der Waals surface area contributed by atoms with E-state index in [9.17, 15) is 4.79 Å². The van der Waals surface area contributed by atoms with Gasteiger partial charge in [-0.25, -0.2) is 0 Å². The minimum absolute atomic E-state index is 0.0978. The number of benzene rings is 2. The van der Waals surface area contributed by atoms with E-state index < -0.39 is 0 Å². The van der Waals surface area contributed by atoms with Gasteiger partial charge in [-0.05, 0) is 23.3 Å². The summed E-state index contributed by atoms with van der Waals surface area (Å²) in [5.41, 5.74) is 3.55. The molecule has 2 aromatic carbocycles. The molecule has 0 bridgehead atoms. The van der Waals surface area contributed by atoms with Crippen LogP contribution in [-0.4, -0.2) is 71.4 Å². The van der Waals surface area contributed by atoms with Crippen molar-refractivity contribution in [3.05, 3.63) is 71.9 Å². The number of nitrogens with zero attached hydrogens (tertiary/aromatic N) is 5. The van der Waals surface area contributed by atoms with Gasteiger partial charge in [0.15, 0.2) is 5.82 Å². The molecule has 2 saturated heterocycles. The van der Waals surface area contributed by atoms with Crippen LogP contribution in [0.1, 0.15) is 34.5 Å². The first-order valence-corrected chi connectivity index (χ1v) is 11.5. The highest BCUT2D eigenvalue weighted by Gasteiger charge is 2.38. The zero-order valence-corrected chi connectivity index (χ0v) is 19.2. The van der Waals surface area contributed by atoms with Crippen LogP contribution in [0.25, 0.3) is 11.1 Å². The Kier molecular flexibility index (Phi) is 6.64. The van der Waals surface area contributed by atoms with E-state index in [2.05, 4.69) is 37.6 Å². The van der Waals surface area contributed by atoms with Gasteiger partial charge in [0.05, 0.1) is 18.8 Å². The molecule has 1 unspecified atom stereocenters. The normalized spacial score (nSPS) is 20.1. The number of amides is 1. The first kappa shape index (κ1) is 22.2. The number of rotatable bonds is 6. The fourth-order valence-corrected chi connectivity index (χ4v) is 4.47. The molecular weight excluding hydrogens is 432 g/mol. The molecule has 3 aromatic rings. The molecule has 2 aliphatic heterocycles. The Bertz CT molecular complexity index is 1140. The summed E-state index contributed by atoms with van der Waals surface area (Å²) >= 11 is 0. The SMILES string of the molecule is CON=C1CC(c2noc(CN3CCNCC3)n2)N(C(=O)c2ccc(-c3ccccc3)cc2)C1. The van der Waals surface area contributed by atoms with Crippen LogP contribution in [0.2, 0.25) is 0 Å². The van der Waals surface area contributed by atoms with Gasteiger partial charge in [0.25, 0.3) is 5.91 Å². The predicted octanol–water partition coefficient (Wildman–Crippen LogP) is 2.73. The molecule has 3 heterocycles. The fraction of sp³-hybridized carbons (Fsp3) is 0.360. The molecule has 2 fully saturated rings. The molecular formula is C25H28N6O3. The number of carbonyl (C=O) groups excluding carboxylic acids is 1. The van der Waals surface area contributed by atoms with Crippen LogP contribution in [0.5, 0.6) is 0 Å². The maximum atomic E-state index is 13.5. The first-order chi connectivity index (χ1) is 16.7. The summed E-state index contributed by atoms with van der Waals surface area (Å²) in [6, 6.07) is 17.4. The summed E-state index contributed by atoms with van der Waals surface area (Å²) < 4.78 is 5.54. The molecule has 0 saturated carbocycles. The van der Waals surface area contributed by atoms with Crippen molar-refractivity contribution in [1.82, 2.24) is 25.3 Å². The molecule has 2 aliphatic rings. The second kappa shape index (κ2) is 10.1. The van der Waals surface area contributed by atoms with Crippen molar-refractivity contribution in [3.8, 4) is 11.1 Å². The topological polar surface area (TPSA) is 96.1 Å². The van der Waals surface area contributed by atoms with E-state index in [-0.39, 0.29) is 11.9 Å². The molecule has 176 valence electrons. The van der Waals surface area contributed by atoms with Crippen LogP contribution in [0, 0.1) is 0 Å². The van der Waals surface area contributed by atoms with E-state index in [1.807, 2.05) is 42.5 Å². The summed E-state index contributed by atoms with van der Waals surface area (Å²) in [6.07, 6.45) is 0.508. The summed E-state index contributed by atoms with van der Waals surface area (Å²) in [5.74, 6) is 0.966. The van der Waals surface area contributed by atoms with Gasteiger partial charge in [-0.3, -0.25) is 9.69 Å². The molecule has 9 nitrogen and oxygen atoms in total. The van der Waals surface area contributed by atoms with Crippen LogP contribution in [-0.2, 0) is 11.4 Å². The number of likely N-dealkylation sites (tertiary alicyclic amines) is 1. The van der Waals surface area contributed by atoms with Crippen molar-refractivity contribution in [2.24, 2.45) is 5.16 Å². The number of hydrogen-bond acceptors (Lipinski definition) is 8. The summed E-state index contributed by atoms with van der Waals surface area (Å²) in [7, 11) is 1.51. The quantitative estimate of drug-likeness (QED) is 0.565. The second-order valence-corrected chi connectivity index (χ2v) is 8.51. The first-order valence-electron chi connectivity index (χ1n) is 11.5. The number of carbonyl (C=O) groups is 1. The van der Waals surface area contributed by atoms with E-state index in [0.29, 0.717) is 36.8 Å². The third-order valence-electron chi connectivity index (χ3n) is 6.23. The van der Waals surface area contributed by atoms with Gasteiger partial charge in [-0.15, -0.1) is 0 Å². The fourth-order valence-electron chi connectivity index (χ4n) is 4.47. The molecule has 0 aliphatic carbocycles. The number of oxime groups is 1. The monoisotopic (exact) mass is 460 g/mol. The van der Waals surface area contributed by atoms with Crippen molar-refractivity contribution in [2.75, 3.05) is 39.8 Å². The maximum absolute atomic E-state index is 13.5. The van der Waals surface area contributed by atoms with Crippen LogP contribution >= 0.6 is 0 Å². The lowest BCUT2D eigenvalue weighted by molar-refractivity contribution is 0.0732. The molecule has 34 heavy (non-hydrogen) atoms. The van der Waals surface area contributed by atoms with Gasteiger partial charge in [-0.1, -0.05) is 52.8 Å². The highest BCUT2D eigenvalue weighted by Crippen LogP contribution is 2.31. The molecule has 5 rings (SSSR count).